The van der Waals surface area contributed by atoms with E-state index in [4.69, 9.17) is 18.9 Å². The van der Waals surface area contributed by atoms with Crippen LogP contribution >= 0.6 is 11.3 Å². The molecule has 1 aromatic heterocycles. The second-order valence-electron chi connectivity index (χ2n) is 9.53. The average Bonchev–Trinajstić information content (AvgIpc) is 3.31. The van der Waals surface area contributed by atoms with Gasteiger partial charge in [-0.15, -0.1) is 6.58 Å². The number of carbonyl (C=O) groups excluding carboxylic acids is 2. The lowest BCUT2D eigenvalue weighted by atomic mass is 9.95. The zero-order valence-corrected chi connectivity index (χ0v) is 26.0. The van der Waals surface area contributed by atoms with E-state index >= 15 is 0 Å². The van der Waals surface area contributed by atoms with E-state index in [0.717, 1.165) is 0 Å². The van der Waals surface area contributed by atoms with Gasteiger partial charge in [0.25, 0.3) is 5.56 Å². The number of hydrogen-bond donors (Lipinski definition) is 1. The summed E-state index contributed by atoms with van der Waals surface area (Å²) in [6.07, 6.45) is 3.75. The molecule has 0 saturated carbocycles. The summed E-state index contributed by atoms with van der Waals surface area (Å²) < 4.78 is 28.6. The molecule has 1 atom stereocenters. The minimum Gasteiger partial charge on any atom is -0.504 e. The lowest BCUT2D eigenvalue weighted by molar-refractivity contribution is -0.143. The van der Waals surface area contributed by atoms with Crippen molar-refractivity contribution in [3.05, 3.63) is 90.6 Å². The molecule has 0 spiro atoms. The minimum absolute atomic E-state index is 0.00447. The molecule has 2 aromatic carbocycles. The van der Waals surface area contributed by atoms with E-state index in [2.05, 4.69) is 16.3 Å². The van der Waals surface area contributed by atoms with Crippen molar-refractivity contribution in [3.63, 3.8) is 0 Å². The van der Waals surface area contributed by atoms with E-state index in [9.17, 15) is 19.5 Å². The Bertz CT molecular complexity index is 1800. The van der Waals surface area contributed by atoms with Crippen molar-refractivity contribution < 1.29 is 38.4 Å². The molecule has 0 amide bonds. The highest BCUT2D eigenvalue weighted by atomic mass is 32.1. The zero-order valence-electron chi connectivity index (χ0n) is 25.2. The SMILES string of the molecule is C=CCc1cc(/C=c2\sc3n(c2=O)[C@@H](c2ccc(OCC(=O)OC)c(OCC)c2)C(C(=O)OCC)=C(C)N=3)cc(OC)c1O. The highest BCUT2D eigenvalue weighted by Gasteiger charge is 2.34. The highest BCUT2D eigenvalue weighted by molar-refractivity contribution is 7.07. The number of aromatic hydroxyl groups is 1. The van der Waals surface area contributed by atoms with E-state index in [1.807, 2.05) is 0 Å². The van der Waals surface area contributed by atoms with Crippen LogP contribution in [-0.4, -0.2) is 55.7 Å². The lowest BCUT2D eigenvalue weighted by Crippen LogP contribution is -2.40. The Morgan fingerprint density at radius 1 is 1.09 bits per heavy atom. The Hall–Kier alpha value is -4.84. The maximum atomic E-state index is 14.1. The largest absolute Gasteiger partial charge is 0.504 e. The number of thiazole rings is 1. The molecule has 4 rings (SSSR count). The van der Waals surface area contributed by atoms with Gasteiger partial charge in [0.1, 0.15) is 0 Å². The molecule has 0 fully saturated rings. The topological polar surface area (TPSA) is 135 Å². The minimum atomic E-state index is -0.896. The number of allylic oxidation sites excluding steroid dienone is 2. The summed E-state index contributed by atoms with van der Waals surface area (Å²) >= 11 is 1.17. The number of methoxy groups -OCH3 is 2. The Labute approximate surface area is 257 Å². The molecule has 1 aliphatic rings. The first-order chi connectivity index (χ1) is 21.2. The second kappa shape index (κ2) is 14.1. The molecule has 2 heterocycles. The second-order valence-corrected chi connectivity index (χ2v) is 10.5. The van der Waals surface area contributed by atoms with Crippen molar-refractivity contribution in [1.82, 2.24) is 4.57 Å². The summed E-state index contributed by atoms with van der Waals surface area (Å²) in [4.78, 5) is 44.0. The summed E-state index contributed by atoms with van der Waals surface area (Å²) in [6, 6.07) is 7.47. The van der Waals surface area contributed by atoms with Crippen LogP contribution in [0.3, 0.4) is 0 Å². The van der Waals surface area contributed by atoms with Crippen LogP contribution in [0.15, 0.2) is 64.0 Å². The zero-order chi connectivity index (χ0) is 32.0. The third-order valence-corrected chi connectivity index (χ3v) is 7.71. The number of carbonyl (C=O) groups is 2. The van der Waals surface area contributed by atoms with Crippen molar-refractivity contribution in [2.75, 3.05) is 34.0 Å². The fraction of sp³-hybridized carbons (Fsp3) is 0.312. The molecule has 0 bridgehead atoms. The van der Waals surface area contributed by atoms with Crippen LogP contribution in [0.5, 0.6) is 23.0 Å². The number of phenols is 1. The van der Waals surface area contributed by atoms with E-state index in [0.29, 0.717) is 56.2 Å². The molecule has 232 valence electrons. The van der Waals surface area contributed by atoms with Gasteiger partial charge < -0.3 is 28.8 Å². The standard InChI is InChI=1S/C32H34N2O9S/c1-7-10-21-13-19(14-24(39-5)29(21)36)15-25-30(37)34-28(27(31(38)42-9-3)18(4)33-32(34)44-25)20-11-12-22(23(16-20)41-8-2)43-17-26(35)40-6/h7,11-16,28,36H,1,8-10,17H2,2-6H3/b25-15-/t28-/m0/s1. The molecular weight excluding hydrogens is 588 g/mol. The Morgan fingerprint density at radius 2 is 1.86 bits per heavy atom. The van der Waals surface area contributed by atoms with Gasteiger partial charge in [-0.2, -0.15) is 0 Å². The summed E-state index contributed by atoms with van der Waals surface area (Å²) in [5.41, 5.74) is 2.00. The predicted molar refractivity (Wildman–Crippen MR) is 164 cm³/mol. The van der Waals surface area contributed by atoms with Crippen molar-refractivity contribution in [2.24, 2.45) is 4.99 Å². The Kier molecular flexibility index (Phi) is 10.3. The number of phenolic OH excluding ortho intramolecular Hbond substituents is 1. The van der Waals surface area contributed by atoms with Gasteiger partial charge in [-0.05, 0) is 68.7 Å². The van der Waals surface area contributed by atoms with Gasteiger partial charge in [-0.3, -0.25) is 9.36 Å². The molecule has 3 aromatic rings. The Morgan fingerprint density at radius 3 is 2.52 bits per heavy atom. The van der Waals surface area contributed by atoms with Gasteiger partial charge in [0.05, 0.1) is 49.3 Å². The summed E-state index contributed by atoms with van der Waals surface area (Å²) in [7, 11) is 2.71. The van der Waals surface area contributed by atoms with Crippen LogP contribution in [-0.2, 0) is 25.5 Å². The quantitative estimate of drug-likeness (QED) is 0.239. The van der Waals surface area contributed by atoms with Crippen LogP contribution in [0.4, 0.5) is 0 Å². The molecule has 11 nitrogen and oxygen atoms in total. The lowest BCUT2D eigenvalue weighted by Gasteiger charge is -2.25. The first-order valence-electron chi connectivity index (χ1n) is 13.8. The molecule has 1 N–H and O–H groups in total. The van der Waals surface area contributed by atoms with Crippen LogP contribution in [0, 0.1) is 0 Å². The van der Waals surface area contributed by atoms with E-state index in [1.54, 1.807) is 63.3 Å². The van der Waals surface area contributed by atoms with Gasteiger partial charge >= 0.3 is 11.9 Å². The normalized spacial score (nSPS) is 14.4. The first kappa shape index (κ1) is 32.1. The molecule has 0 saturated heterocycles. The maximum absolute atomic E-state index is 14.1. The molecule has 0 aliphatic carbocycles. The fourth-order valence-corrected chi connectivity index (χ4v) is 5.82. The van der Waals surface area contributed by atoms with E-state index < -0.39 is 18.0 Å². The van der Waals surface area contributed by atoms with Gasteiger partial charge in [0.2, 0.25) is 0 Å². The van der Waals surface area contributed by atoms with Crippen LogP contribution < -0.4 is 29.1 Å². The number of aromatic nitrogens is 1. The number of benzene rings is 2. The van der Waals surface area contributed by atoms with E-state index in [1.165, 1.54) is 30.1 Å². The fourth-order valence-electron chi connectivity index (χ4n) is 4.78. The smallest absolute Gasteiger partial charge is 0.343 e. The highest BCUT2D eigenvalue weighted by Crippen LogP contribution is 2.37. The average molecular weight is 623 g/mol. The van der Waals surface area contributed by atoms with Crippen molar-refractivity contribution in [1.29, 1.82) is 0 Å². The molecule has 0 radical (unpaired) electrons. The summed E-state index contributed by atoms with van der Waals surface area (Å²) in [6.45, 7) is 9.04. The Balaban J connectivity index is 1.92. The third-order valence-electron chi connectivity index (χ3n) is 6.73. The number of fused-ring (bicyclic) bond motifs is 1. The van der Waals surface area contributed by atoms with Crippen molar-refractivity contribution in [2.45, 2.75) is 33.2 Å². The number of esters is 2. The number of nitrogens with zero attached hydrogens (tertiary/aromatic N) is 2. The van der Waals surface area contributed by atoms with E-state index in [-0.39, 0.29) is 35.8 Å². The van der Waals surface area contributed by atoms with Gasteiger partial charge in [0, 0.05) is 5.56 Å². The van der Waals surface area contributed by atoms with Gasteiger partial charge in [-0.1, -0.05) is 23.5 Å². The van der Waals surface area contributed by atoms with Gasteiger partial charge in [0.15, 0.2) is 34.4 Å². The molecular formula is C32H34N2O9S. The maximum Gasteiger partial charge on any atom is 0.343 e. The van der Waals surface area contributed by atoms with Crippen molar-refractivity contribution >= 4 is 29.4 Å². The van der Waals surface area contributed by atoms with Crippen LogP contribution in [0.2, 0.25) is 0 Å². The number of rotatable bonds is 12. The summed E-state index contributed by atoms with van der Waals surface area (Å²) in [5.74, 6) is -0.281. The van der Waals surface area contributed by atoms with Crippen LogP contribution in [0.25, 0.3) is 6.08 Å². The number of ether oxygens (including phenoxy) is 5. The molecule has 0 unspecified atom stereocenters. The predicted octanol–water partition coefficient (Wildman–Crippen LogP) is 3.19. The van der Waals surface area contributed by atoms with Crippen LogP contribution in [0.1, 0.15) is 43.5 Å². The molecule has 44 heavy (non-hydrogen) atoms. The molecule has 12 heteroatoms. The molecule has 1 aliphatic heterocycles. The monoisotopic (exact) mass is 622 g/mol. The first-order valence-corrected chi connectivity index (χ1v) is 14.7. The number of hydrogen-bond acceptors (Lipinski definition) is 11. The third kappa shape index (κ3) is 6.55. The van der Waals surface area contributed by atoms with Crippen molar-refractivity contribution in [3.8, 4) is 23.0 Å². The van der Waals surface area contributed by atoms with Gasteiger partial charge in [-0.25, -0.2) is 14.6 Å². The summed E-state index contributed by atoms with van der Waals surface area (Å²) in [5, 5.41) is 10.5.